The van der Waals surface area contributed by atoms with Crippen molar-refractivity contribution in [3.63, 3.8) is 0 Å². The summed E-state index contributed by atoms with van der Waals surface area (Å²) >= 11 is 0. The van der Waals surface area contributed by atoms with Crippen LogP contribution in [0.5, 0.6) is 0 Å². The van der Waals surface area contributed by atoms with E-state index >= 15 is 0 Å². The van der Waals surface area contributed by atoms with Crippen LogP contribution in [0.15, 0.2) is 46.0 Å². The van der Waals surface area contributed by atoms with E-state index in [1.807, 2.05) is 24.1 Å². The zero-order chi connectivity index (χ0) is 27.5. The molecule has 0 saturated carbocycles. The molecule has 2 aromatic rings. The zero-order valence-corrected chi connectivity index (χ0v) is 21.8. The largest absolute Gasteiger partial charge is 0.390 e. The molecule has 2 aliphatic rings. The van der Waals surface area contributed by atoms with Crippen LogP contribution in [0.25, 0.3) is 0 Å². The predicted octanol–water partition coefficient (Wildman–Crippen LogP) is 3.10. The van der Waals surface area contributed by atoms with Crippen LogP contribution in [0.2, 0.25) is 0 Å². The molecule has 0 bridgehead atoms. The van der Waals surface area contributed by atoms with Gasteiger partial charge >= 0.3 is 5.91 Å². The Balaban J connectivity index is 0.000000283. The summed E-state index contributed by atoms with van der Waals surface area (Å²) in [6.07, 6.45) is 16.2. The minimum Gasteiger partial charge on any atom is -0.390 e. The standard InChI is InChI=1S/C12H20N2O2.C8H11N.C5H5N3O2.C2H2/c15-11-6-2-1-3-9-14(11)10-12(16)13-7-4-5-8-13;1-7-4-3-5-8(6-7)9-2;6-3-7-5(9)4-1-2-8-10-4;1-2/h1-10H2;3-6,9H,1-2H3;1-3H,(H2,6,7,9);1-2H. The van der Waals surface area contributed by atoms with E-state index in [-0.39, 0.29) is 17.6 Å². The van der Waals surface area contributed by atoms with E-state index in [1.165, 1.54) is 23.5 Å². The van der Waals surface area contributed by atoms with Crippen LogP contribution in [0.1, 0.15) is 54.6 Å². The third-order valence-electron chi connectivity index (χ3n) is 5.60. The van der Waals surface area contributed by atoms with Crippen molar-refractivity contribution in [3.8, 4) is 12.8 Å². The molecule has 2 aliphatic heterocycles. The summed E-state index contributed by atoms with van der Waals surface area (Å²) in [7, 11) is 1.93. The van der Waals surface area contributed by atoms with Crippen molar-refractivity contribution in [1.82, 2.24) is 15.0 Å². The highest BCUT2D eigenvalue weighted by Gasteiger charge is 2.23. The highest BCUT2D eigenvalue weighted by Crippen LogP contribution is 2.13. The number of amides is 3. The number of nitrogens with zero attached hydrogens (tertiary/aromatic N) is 4. The van der Waals surface area contributed by atoms with Gasteiger partial charge in [0.2, 0.25) is 17.6 Å². The summed E-state index contributed by atoms with van der Waals surface area (Å²) in [5, 5.41) is 6.38. The van der Waals surface area contributed by atoms with Crippen LogP contribution in [0, 0.1) is 19.8 Å². The summed E-state index contributed by atoms with van der Waals surface area (Å²) < 4.78 is 4.48. The Morgan fingerprint density at radius 1 is 1.14 bits per heavy atom. The number of carbonyl (C=O) groups is 3. The Hall–Kier alpha value is -4.13. The molecule has 0 radical (unpaired) electrons. The Kier molecular flexibility index (Phi) is 15.2. The molecule has 37 heavy (non-hydrogen) atoms. The first kappa shape index (κ1) is 30.9. The van der Waals surface area contributed by atoms with Crippen molar-refractivity contribution >= 4 is 29.7 Å². The number of hydrogen-bond acceptors (Lipinski definition) is 6. The van der Waals surface area contributed by atoms with E-state index in [0.29, 0.717) is 13.0 Å². The molecule has 0 aliphatic carbocycles. The van der Waals surface area contributed by atoms with E-state index in [9.17, 15) is 14.4 Å². The van der Waals surface area contributed by atoms with Gasteiger partial charge in [-0.25, -0.2) is 0 Å². The summed E-state index contributed by atoms with van der Waals surface area (Å²) in [5.41, 5.74) is 7.33. The number of terminal acetylenes is 1. The number of hydrogen-bond donors (Lipinski definition) is 2. The van der Waals surface area contributed by atoms with Gasteiger partial charge in [-0.3, -0.25) is 14.4 Å². The second kappa shape index (κ2) is 18.2. The first-order chi connectivity index (χ1) is 17.9. The van der Waals surface area contributed by atoms with Crippen LogP contribution in [-0.4, -0.2) is 72.2 Å². The molecule has 3 heterocycles. The van der Waals surface area contributed by atoms with Crippen LogP contribution < -0.4 is 11.1 Å². The van der Waals surface area contributed by atoms with Crippen LogP contribution in [-0.2, 0) is 9.59 Å². The molecule has 3 amide bonds. The summed E-state index contributed by atoms with van der Waals surface area (Å²) in [6.45, 7) is 4.90. The number of aromatic nitrogens is 1. The van der Waals surface area contributed by atoms with Crippen molar-refractivity contribution < 1.29 is 18.9 Å². The fourth-order valence-corrected chi connectivity index (χ4v) is 3.69. The third kappa shape index (κ3) is 11.9. The second-order valence-corrected chi connectivity index (χ2v) is 8.29. The van der Waals surface area contributed by atoms with Gasteiger partial charge in [0.25, 0.3) is 0 Å². The topological polar surface area (TPSA) is 134 Å². The summed E-state index contributed by atoms with van der Waals surface area (Å²) in [5.74, 6) is -0.153. The summed E-state index contributed by atoms with van der Waals surface area (Å²) in [4.78, 5) is 41.2. The Morgan fingerprint density at radius 3 is 2.41 bits per heavy atom. The number of likely N-dealkylation sites (tertiary alicyclic amines) is 2. The normalized spacial score (nSPS) is 14.8. The lowest BCUT2D eigenvalue weighted by Gasteiger charge is -2.23. The molecule has 1 aromatic carbocycles. The van der Waals surface area contributed by atoms with Gasteiger partial charge in [-0.1, -0.05) is 23.7 Å². The van der Waals surface area contributed by atoms with E-state index in [2.05, 4.69) is 51.9 Å². The SMILES string of the molecule is C#C.CNc1cccc(C)c1.NC=NC(=O)c1ccno1.O=C(CN1CCCCCC1=O)N1CCCC1. The molecule has 4 rings (SSSR count). The third-order valence-corrected chi connectivity index (χ3v) is 5.60. The lowest BCUT2D eigenvalue weighted by Crippen LogP contribution is -2.41. The smallest absolute Gasteiger partial charge is 0.316 e. The number of rotatable bonds is 4. The molecule has 200 valence electrons. The predicted molar refractivity (Wildman–Crippen MR) is 145 cm³/mol. The quantitative estimate of drug-likeness (QED) is 0.367. The fourth-order valence-electron chi connectivity index (χ4n) is 3.69. The maximum atomic E-state index is 11.9. The average Bonchev–Trinajstić information content (AvgIpc) is 3.62. The number of nitrogens with one attached hydrogen (secondary N) is 1. The molecule has 0 spiro atoms. The number of benzene rings is 1. The lowest BCUT2D eigenvalue weighted by molar-refractivity contribution is -0.139. The van der Waals surface area contributed by atoms with Gasteiger partial charge in [-0.05, 0) is 50.3 Å². The molecule has 10 nitrogen and oxygen atoms in total. The highest BCUT2D eigenvalue weighted by molar-refractivity contribution is 5.95. The van der Waals surface area contributed by atoms with Crippen molar-refractivity contribution in [3.05, 3.63) is 47.9 Å². The number of anilines is 1. The number of carbonyl (C=O) groups excluding carboxylic acids is 3. The summed E-state index contributed by atoms with van der Waals surface area (Å²) in [6, 6.07) is 9.70. The zero-order valence-electron chi connectivity index (χ0n) is 21.8. The molecule has 3 N–H and O–H groups in total. The number of aryl methyl sites for hydroxylation is 1. The van der Waals surface area contributed by atoms with Crippen LogP contribution in [0.3, 0.4) is 0 Å². The Bertz CT molecular complexity index is 997. The Labute approximate surface area is 219 Å². The van der Waals surface area contributed by atoms with Gasteiger partial charge in [-0.15, -0.1) is 12.8 Å². The maximum Gasteiger partial charge on any atom is 0.316 e. The molecule has 10 heteroatoms. The van der Waals surface area contributed by atoms with Crippen molar-refractivity contribution in [2.75, 3.05) is 38.5 Å². The van der Waals surface area contributed by atoms with Crippen LogP contribution in [0.4, 0.5) is 5.69 Å². The van der Waals surface area contributed by atoms with Gasteiger partial charge in [0, 0.05) is 44.9 Å². The van der Waals surface area contributed by atoms with Crippen LogP contribution >= 0.6 is 0 Å². The van der Waals surface area contributed by atoms with E-state index < -0.39 is 5.91 Å². The van der Waals surface area contributed by atoms with Crippen molar-refractivity contribution in [2.24, 2.45) is 10.7 Å². The molecular formula is C27H38N6O4. The molecule has 1 aromatic heterocycles. The fraction of sp³-hybridized carbons (Fsp3) is 0.444. The minimum absolute atomic E-state index is 0.0849. The van der Waals surface area contributed by atoms with E-state index in [0.717, 1.165) is 58.1 Å². The van der Waals surface area contributed by atoms with Crippen molar-refractivity contribution in [1.29, 1.82) is 0 Å². The van der Waals surface area contributed by atoms with E-state index in [4.69, 9.17) is 5.73 Å². The average molecular weight is 511 g/mol. The molecule has 0 unspecified atom stereocenters. The molecule has 0 atom stereocenters. The monoisotopic (exact) mass is 510 g/mol. The number of aliphatic imine (C=N–C) groups is 1. The van der Waals surface area contributed by atoms with Gasteiger partial charge in [0.15, 0.2) is 0 Å². The van der Waals surface area contributed by atoms with Gasteiger partial charge in [-0.2, -0.15) is 4.99 Å². The first-order valence-corrected chi connectivity index (χ1v) is 12.3. The lowest BCUT2D eigenvalue weighted by atomic mass is 10.2. The van der Waals surface area contributed by atoms with Gasteiger partial charge in [0.1, 0.15) is 0 Å². The minimum atomic E-state index is -0.528. The maximum absolute atomic E-state index is 11.9. The first-order valence-electron chi connectivity index (χ1n) is 12.3. The van der Waals surface area contributed by atoms with Gasteiger partial charge in [0.05, 0.1) is 19.1 Å². The van der Waals surface area contributed by atoms with Crippen molar-refractivity contribution in [2.45, 2.75) is 45.4 Å². The highest BCUT2D eigenvalue weighted by atomic mass is 16.5. The second-order valence-electron chi connectivity index (χ2n) is 8.29. The molecule has 2 fully saturated rings. The Morgan fingerprint density at radius 2 is 1.84 bits per heavy atom. The van der Waals surface area contributed by atoms with E-state index in [1.54, 1.807) is 4.90 Å². The molecular weight excluding hydrogens is 472 g/mol. The number of nitrogens with two attached hydrogens (primary N) is 1. The molecule has 2 saturated heterocycles. The van der Waals surface area contributed by atoms with Gasteiger partial charge < -0.3 is 25.4 Å².